The van der Waals surface area contributed by atoms with Crippen molar-refractivity contribution in [3.05, 3.63) is 71.8 Å². The largest absolute Gasteiger partial charge is 0.380 e. The van der Waals surface area contributed by atoms with Crippen molar-refractivity contribution in [1.82, 2.24) is 0 Å². The van der Waals surface area contributed by atoms with E-state index in [-0.39, 0.29) is 5.92 Å². The highest BCUT2D eigenvalue weighted by atomic mass is 31.2. The van der Waals surface area contributed by atoms with E-state index < -0.39 is 13.4 Å². The Morgan fingerprint density at radius 2 is 1.45 bits per heavy atom. The molecule has 22 heavy (non-hydrogen) atoms. The quantitative estimate of drug-likeness (QED) is 0.788. The van der Waals surface area contributed by atoms with Gasteiger partial charge >= 0.3 is 7.60 Å². The summed E-state index contributed by atoms with van der Waals surface area (Å²) >= 11 is 0. The van der Waals surface area contributed by atoms with Gasteiger partial charge in [-0.1, -0.05) is 60.7 Å². The monoisotopic (exact) mass is 320 g/mol. The van der Waals surface area contributed by atoms with E-state index in [0.29, 0.717) is 6.42 Å². The lowest BCUT2D eigenvalue weighted by Crippen LogP contribution is -2.22. The minimum absolute atomic E-state index is 0.380. The Morgan fingerprint density at radius 3 is 1.95 bits per heavy atom. The summed E-state index contributed by atoms with van der Waals surface area (Å²) < 4.78 is 22.5. The molecule has 0 saturated carbocycles. The molecule has 2 atom stereocenters. The average molecular weight is 320 g/mol. The topological polar surface area (TPSA) is 55.8 Å². The van der Waals surface area contributed by atoms with Crippen molar-refractivity contribution in [2.75, 3.05) is 14.2 Å². The molecular formula is C17H21O4P. The first-order valence-corrected chi connectivity index (χ1v) is 8.70. The zero-order valence-corrected chi connectivity index (χ0v) is 13.6. The van der Waals surface area contributed by atoms with E-state index in [1.54, 1.807) is 0 Å². The normalized spacial score (nSPS) is 14.5. The highest BCUT2D eigenvalue weighted by Gasteiger charge is 2.39. The highest BCUT2D eigenvalue weighted by molar-refractivity contribution is 7.54. The molecule has 4 nitrogen and oxygen atoms in total. The molecule has 0 heterocycles. The van der Waals surface area contributed by atoms with E-state index in [1.807, 2.05) is 60.7 Å². The summed E-state index contributed by atoms with van der Waals surface area (Å²) in [6, 6.07) is 19.3. The second-order valence-electron chi connectivity index (χ2n) is 5.03. The van der Waals surface area contributed by atoms with Crippen LogP contribution < -0.4 is 0 Å². The molecule has 0 aliphatic rings. The van der Waals surface area contributed by atoms with Gasteiger partial charge in [-0.15, -0.1) is 0 Å². The summed E-state index contributed by atoms with van der Waals surface area (Å²) in [7, 11) is -0.996. The fraction of sp³-hybridized carbons (Fsp3) is 0.294. The number of hydrogen-bond acceptors (Lipinski definition) is 4. The lowest BCUT2D eigenvalue weighted by molar-refractivity contribution is 0.153. The smallest absolute Gasteiger partial charge is 0.358 e. The summed E-state index contributed by atoms with van der Waals surface area (Å²) in [6.07, 6.45) is 0.544. The molecule has 2 aromatic rings. The van der Waals surface area contributed by atoms with Crippen molar-refractivity contribution >= 4 is 7.60 Å². The predicted octanol–water partition coefficient (Wildman–Crippen LogP) is 3.82. The summed E-state index contributed by atoms with van der Waals surface area (Å²) in [6.45, 7) is 0. The second kappa shape index (κ2) is 7.70. The molecule has 0 aromatic heterocycles. The van der Waals surface area contributed by atoms with E-state index in [4.69, 9.17) is 9.05 Å². The molecule has 0 bridgehead atoms. The lowest BCUT2D eigenvalue weighted by atomic mass is 9.92. The van der Waals surface area contributed by atoms with Gasteiger partial charge in [-0.25, -0.2) is 0 Å². The molecule has 0 amide bonds. The van der Waals surface area contributed by atoms with E-state index in [9.17, 15) is 9.67 Å². The van der Waals surface area contributed by atoms with Crippen molar-refractivity contribution < 1.29 is 18.7 Å². The van der Waals surface area contributed by atoms with Crippen LogP contribution in [0.1, 0.15) is 17.0 Å². The molecule has 5 heteroatoms. The van der Waals surface area contributed by atoms with E-state index >= 15 is 0 Å². The highest BCUT2D eigenvalue weighted by Crippen LogP contribution is 2.55. The van der Waals surface area contributed by atoms with Crippen LogP contribution in [0.5, 0.6) is 0 Å². The van der Waals surface area contributed by atoms with Gasteiger partial charge in [0.25, 0.3) is 0 Å². The first kappa shape index (κ1) is 16.9. The first-order chi connectivity index (χ1) is 10.6. The van der Waals surface area contributed by atoms with E-state index in [2.05, 4.69) is 0 Å². The second-order valence-corrected chi connectivity index (χ2v) is 7.36. The molecular weight excluding hydrogens is 299 g/mol. The first-order valence-electron chi connectivity index (χ1n) is 7.09. The van der Waals surface area contributed by atoms with Crippen molar-refractivity contribution in [1.29, 1.82) is 0 Å². The minimum atomic E-state index is -3.58. The maximum atomic E-state index is 12.6. The van der Waals surface area contributed by atoms with Gasteiger partial charge in [0.1, 0.15) is 0 Å². The number of rotatable bonds is 7. The van der Waals surface area contributed by atoms with Gasteiger partial charge in [0, 0.05) is 20.1 Å². The molecule has 2 aromatic carbocycles. The Hall–Kier alpha value is -1.45. The van der Waals surface area contributed by atoms with Gasteiger partial charge < -0.3 is 14.2 Å². The predicted molar refractivity (Wildman–Crippen MR) is 87.0 cm³/mol. The molecule has 2 rings (SSSR count). The minimum Gasteiger partial charge on any atom is -0.380 e. The summed E-state index contributed by atoms with van der Waals surface area (Å²) in [5, 5.41) is 10.6. The van der Waals surface area contributed by atoms with Gasteiger partial charge in [0.15, 0.2) is 5.85 Å². The average Bonchev–Trinajstić information content (AvgIpc) is 2.60. The third-order valence-electron chi connectivity index (χ3n) is 3.72. The van der Waals surface area contributed by atoms with Gasteiger partial charge in [-0.3, -0.25) is 4.57 Å². The lowest BCUT2D eigenvalue weighted by Gasteiger charge is -2.28. The van der Waals surface area contributed by atoms with Gasteiger partial charge in [0.2, 0.25) is 0 Å². The van der Waals surface area contributed by atoms with Crippen LogP contribution in [0.25, 0.3) is 0 Å². The molecule has 0 fully saturated rings. The van der Waals surface area contributed by atoms with Crippen LogP contribution in [0.4, 0.5) is 0 Å². The summed E-state index contributed by atoms with van der Waals surface area (Å²) in [5.41, 5.74) is 1.95. The van der Waals surface area contributed by atoms with Crippen LogP contribution in [-0.4, -0.2) is 25.2 Å². The van der Waals surface area contributed by atoms with E-state index in [1.165, 1.54) is 14.2 Å². The van der Waals surface area contributed by atoms with Crippen molar-refractivity contribution in [2.24, 2.45) is 0 Å². The van der Waals surface area contributed by atoms with Crippen molar-refractivity contribution in [3.8, 4) is 0 Å². The van der Waals surface area contributed by atoms with Gasteiger partial charge in [-0.2, -0.15) is 0 Å². The third-order valence-corrected chi connectivity index (χ3v) is 5.74. The zero-order chi connectivity index (χ0) is 16.0. The molecule has 118 valence electrons. The zero-order valence-electron chi connectivity index (χ0n) is 12.8. The van der Waals surface area contributed by atoms with Crippen LogP contribution in [0, 0.1) is 0 Å². The van der Waals surface area contributed by atoms with E-state index in [0.717, 1.165) is 11.1 Å². The Bertz CT molecular complexity index is 607. The maximum absolute atomic E-state index is 12.6. The van der Waals surface area contributed by atoms with Crippen LogP contribution >= 0.6 is 7.60 Å². The SMILES string of the molecule is COP(=O)(OC)[C@@H](O)[C@H](Cc1ccccc1)c1ccccc1. The van der Waals surface area contributed by atoms with Crippen LogP contribution in [0.15, 0.2) is 60.7 Å². The standard InChI is InChI=1S/C17H21O4P/c1-20-22(19,21-2)17(18)16(15-11-7-4-8-12-15)13-14-9-5-3-6-10-14/h3-12,16-18H,13H2,1-2H3/t16-,17-/m1/s1. The van der Waals surface area contributed by atoms with Gasteiger partial charge in [-0.05, 0) is 17.5 Å². The number of aliphatic hydroxyl groups excluding tert-OH is 1. The fourth-order valence-corrected chi connectivity index (χ4v) is 3.77. The number of benzene rings is 2. The third kappa shape index (κ3) is 3.84. The maximum Gasteiger partial charge on any atom is 0.358 e. The Balaban J connectivity index is 2.36. The molecule has 0 saturated heterocycles. The number of aliphatic hydroxyl groups is 1. The summed E-state index contributed by atoms with van der Waals surface area (Å²) in [4.78, 5) is 0. The van der Waals surface area contributed by atoms with Crippen LogP contribution in [-0.2, 0) is 20.0 Å². The fourth-order valence-electron chi connectivity index (χ4n) is 2.47. The molecule has 0 aliphatic heterocycles. The Morgan fingerprint density at radius 1 is 0.955 bits per heavy atom. The van der Waals surface area contributed by atoms with Crippen LogP contribution in [0.3, 0.4) is 0 Å². The molecule has 0 radical (unpaired) electrons. The Kier molecular flexibility index (Phi) is 5.92. The van der Waals surface area contributed by atoms with Crippen molar-refractivity contribution in [2.45, 2.75) is 18.2 Å². The molecule has 0 unspecified atom stereocenters. The van der Waals surface area contributed by atoms with Crippen LogP contribution in [0.2, 0.25) is 0 Å². The van der Waals surface area contributed by atoms with Crippen molar-refractivity contribution in [3.63, 3.8) is 0 Å². The number of hydrogen-bond donors (Lipinski definition) is 1. The Labute approximate surface area is 131 Å². The molecule has 0 aliphatic carbocycles. The molecule has 0 spiro atoms. The molecule has 1 N–H and O–H groups in total. The summed E-state index contributed by atoms with van der Waals surface area (Å²) in [5.74, 6) is -1.61. The van der Waals surface area contributed by atoms with Gasteiger partial charge in [0.05, 0.1) is 0 Å².